The standard InChI is InChI=1S/C14H27N3O/c1-3-14(15,4-2)13(18)16-9-11-7-8-17(10-11)12-5-6-12/h11-12H,3-10,15H2,1-2H3,(H,16,18). The number of rotatable bonds is 6. The molecule has 18 heavy (non-hydrogen) atoms. The molecule has 1 saturated carbocycles. The molecule has 1 unspecified atom stereocenters. The van der Waals surface area contributed by atoms with E-state index < -0.39 is 5.54 Å². The molecular weight excluding hydrogens is 226 g/mol. The van der Waals surface area contributed by atoms with E-state index in [9.17, 15) is 4.79 Å². The first-order chi connectivity index (χ1) is 8.59. The lowest BCUT2D eigenvalue weighted by Crippen LogP contribution is -2.54. The van der Waals surface area contributed by atoms with E-state index in [1.165, 1.54) is 25.8 Å². The Morgan fingerprint density at radius 3 is 2.56 bits per heavy atom. The molecule has 0 aromatic carbocycles. The highest BCUT2D eigenvalue weighted by Crippen LogP contribution is 2.31. The van der Waals surface area contributed by atoms with E-state index in [0.29, 0.717) is 18.8 Å². The second-order valence-electron chi connectivity index (χ2n) is 5.95. The van der Waals surface area contributed by atoms with Crippen LogP contribution in [0.2, 0.25) is 0 Å². The molecule has 104 valence electrons. The summed E-state index contributed by atoms with van der Waals surface area (Å²) in [6.07, 6.45) is 5.36. The molecule has 3 N–H and O–H groups in total. The van der Waals surface area contributed by atoms with Gasteiger partial charge in [-0.2, -0.15) is 0 Å². The molecule has 1 aliphatic carbocycles. The molecular formula is C14H27N3O. The van der Waals surface area contributed by atoms with Crippen LogP contribution >= 0.6 is 0 Å². The summed E-state index contributed by atoms with van der Waals surface area (Å²) in [6.45, 7) is 7.11. The number of amides is 1. The Morgan fingerprint density at radius 1 is 1.33 bits per heavy atom. The van der Waals surface area contributed by atoms with Crippen molar-refractivity contribution >= 4 is 5.91 Å². The Labute approximate surface area is 110 Å². The van der Waals surface area contributed by atoms with Gasteiger partial charge in [-0.15, -0.1) is 0 Å². The smallest absolute Gasteiger partial charge is 0.240 e. The zero-order chi connectivity index (χ0) is 13.2. The number of hydrogen-bond acceptors (Lipinski definition) is 3. The molecule has 1 heterocycles. The van der Waals surface area contributed by atoms with Gasteiger partial charge in [0, 0.05) is 19.1 Å². The number of likely N-dealkylation sites (tertiary alicyclic amines) is 1. The first-order valence-corrected chi connectivity index (χ1v) is 7.40. The molecule has 0 bridgehead atoms. The molecule has 2 aliphatic rings. The van der Waals surface area contributed by atoms with Gasteiger partial charge in [-0.1, -0.05) is 13.8 Å². The molecule has 1 atom stereocenters. The fraction of sp³-hybridized carbons (Fsp3) is 0.929. The average Bonchev–Trinajstić information content (AvgIpc) is 3.14. The third-order valence-electron chi connectivity index (χ3n) is 4.65. The van der Waals surface area contributed by atoms with Gasteiger partial charge in [0.2, 0.25) is 5.91 Å². The molecule has 1 saturated heterocycles. The Bertz CT molecular complexity index is 297. The Morgan fingerprint density at radius 2 is 2.00 bits per heavy atom. The van der Waals surface area contributed by atoms with Crippen LogP contribution in [0.1, 0.15) is 46.0 Å². The number of nitrogens with one attached hydrogen (secondary N) is 1. The minimum absolute atomic E-state index is 0.0253. The van der Waals surface area contributed by atoms with E-state index in [1.54, 1.807) is 0 Å². The summed E-state index contributed by atoms with van der Waals surface area (Å²) >= 11 is 0. The largest absolute Gasteiger partial charge is 0.354 e. The van der Waals surface area contributed by atoms with Gasteiger partial charge in [0.1, 0.15) is 0 Å². The van der Waals surface area contributed by atoms with Crippen LogP contribution in [0.5, 0.6) is 0 Å². The van der Waals surface area contributed by atoms with Crippen molar-refractivity contribution in [3.63, 3.8) is 0 Å². The van der Waals surface area contributed by atoms with Crippen molar-refractivity contribution < 1.29 is 4.79 Å². The highest BCUT2D eigenvalue weighted by atomic mass is 16.2. The van der Waals surface area contributed by atoms with Crippen molar-refractivity contribution in [3.05, 3.63) is 0 Å². The normalized spacial score (nSPS) is 25.4. The van der Waals surface area contributed by atoms with Crippen LogP contribution in [0.15, 0.2) is 0 Å². The van der Waals surface area contributed by atoms with Crippen molar-refractivity contribution in [2.24, 2.45) is 11.7 Å². The van der Waals surface area contributed by atoms with Crippen molar-refractivity contribution in [3.8, 4) is 0 Å². The summed E-state index contributed by atoms with van der Waals surface area (Å²) in [5, 5.41) is 3.06. The number of nitrogens with two attached hydrogens (primary N) is 1. The van der Waals surface area contributed by atoms with Gasteiger partial charge >= 0.3 is 0 Å². The first kappa shape index (κ1) is 13.8. The maximum atomic E-state index is 12.1. The lowest BCUT2D eigenvalue weighted by molar-refractivity contribution is -0.126. The second kappa shape index (κ2) is 5.57. The lowest BCUT2D eigenvalue weighted by atomic mass is 9.93. The molecule has 1 aliphatic heterocycles. The third kappa shape index (κ3) is 3.04. The van der Waals surface area contributed by atoms with Crippen molar-refractivity contribution in [1.82, 2.24) is 10.2 Å². The summed E-state index contributed by atoms with van der Waals surface area (Å²) in [5.74, 6) is 0.643. The van der Waals surface area contributed by atoms with E-state index in [0.717, 1.165) is 19.1 Å². The molecule has 2 fully saturated rings. The topological polar surface area (TPSA) is 58.4 Å². The SMILES string of the molecule is CCC(N)(CC)C(=O)NCC1CCN(C2CC2)C1. The Hall–Kier alpha value is -0.610. The molecule has 1 amide bonds. The van der Waals surface area contributed by atoms with Crippen LogP contribution in [0.4, 0.5) is 0 Å². The van der Waals surface area contributed by atoms with Gasteiger partial charge in [-0.3, -0.25) is 4.79 Å². The molecule has 2 rings (SSSR count). The maximum absolute atomic E-state index is 12.1. The Kier molecular flexibility index (Phi) is 4.28. The van der Waals surface area contributed by atoms with Crippen molar-refractivity contribution in [1.29, 1.82) is 0 Å². The van der Waals surface area contributed by atoms with Gasteiger partial charge in [-0.05, 0) is 44.6 Å². The van der Waals surface area contributed by atoms with Crippen LogP contribution in [0.3, 0.4) is 0 Å². The quantitative estimate of drug-likeness (QED) is 0.745. The van der Waals surface area contributed by atoms with Gasteiger partial charge in [0.15, 0.2) is 0 Å². The maximum Gasteiger partial charge on any atom is 0.240 e. The fourth-order valence-electron chi connectivity index (χ4n) is 2.78. The summed E-state index contributed by atoms with van der Waals surface area (Å²) in [7, 11) is 0. The van der Waals surface area contributed by atoms with E-state index in [4.69, 9.17) is 5.73 Å². The zero-order valence-corrected chi connectivity index (χ0v) is 11.7. The monoisotopic (exact) mass is 253 g/mol. The van der Waals surface area contributed by atoms with E-state index in [1.807, 2.05) is 13.8 Å². The van der Waals surface area contributed by atoms with E-state index >= 15 is 0 Å². The van der Waals surface area contributed by atoms with Crippen LogP contribution < -0.4 is 11.1 Å². The predicted octanol–water partition coefficient (Wildman–Crippen LogP) is 1.10. The second-order valence-corrected chi connectivity index (χ2v) is 5.95. The van der Waals surface area contributed by atoms with E-state index in [-0.39, 0.29) is 5.91 Å². The first-order valence-electron chi connectivity index (χ1n) is 7.40. The summed E-state index contributed by atoms with van der Waals surface area (Å²) in [5.41, 5.74) is 5.42. The zero-order valence-electron chi connectivity index (χ0n) is 11.7. The van der Waals surface area contributed by atoms with Crippen LogP contribution in [-0.2, 0) is 4.79 Å². The molecule has 4 nitrogen and oxygen atoms in total. The van der Waals surface area contributed by atoms with Crippen LogP contribution in [0, 0.1) is 5.92 Å². The Balaban J connectivity index is 1.73. The number of carbonyl (C=O) groups is 1. The average molecular weight is 253 g/mol. The molecule has 4 heteroatoms. The fourth-order valence-corrected chi connectivity index (χ4v) is 2.78. The lowest BCUT2D eigenvalue weighted by Gasteiger charge is -2.26. The van der Waals surface area contributed by atoms with Gasteiger partial charge < -0.3 is 16.0 Å². The molecule has 0 aromatic heterocycles. The van der Waals surface area contributed by atoms with Crippen LogP contribution in [0.25, 0.3) is 0 Å². The number of carbonyl (C=O) groups excluding carboxylic acids is 1. The highest BCUT2D eigenvalue weighted by Gasteiger charge is 2.35. The predicted molar refractivity (Wildman–Crippen MR) is 73.2 cm³/mol. The number of hydrogen-bond donors (Lipinski definition) is 2. The molecule has 0 aromatic rings. The number of nitrogens with zero attached hydrogens (tertiary/aromatic N) is 1. The third-order valence-corrected chi connectivity index (χ3v) is 4.65. The van der Waals surface area contributed by atoms with Gasteiger partial charge in [0.05, 0.1) is 5.54 Å². The minimum atomic E-state index is -0.672. The molecule has 0 radical (unpaired) electrons. The summed E-state index contributed by atoms with van der Waals surface area (Å²) in [4.78, 5) is 14.6. The summed E-state index contributed by atoms with van der Waals surface area (Å²) in [6, 6.07) is 0.852. The van der Waals surface area contributed by atoms with Crippen LogP contribution in [-0.4, -0.2) is 42.0 Å². The summed E-state index contributed by atoms with van der Waals surface area (Å²) < 4.78 is 0. The van der Waals surface area contributed by atoms with Crippen molar-refractivity contribution in [2.75, 3.05) is 19.6 Å². The minimum Gasteiger partial charge on any atom is -0.354 e. The van der Waals surface area contributed by atoms with Crippen molar-refractivity contribution in [2.45, 2.75) is 57.5 Å². The van der Waals surface area contributed by atoms with Gasteiger partial charge in [-0.25, -0.2) is 0 Å². The highest BCUT2D eigenvalue weighted by molar-refractivity contribution is 5.85. The van der Waals surface area contributed by atoms with E-state index in [2.05, 4.69) is 10.2 Å². The van der Waals surface area contributed by atoms with Gasteiger partial charge in [0.25, 0.3) is 0 Å². The molecule has 0 spiro atoms.